The number of halogens is 1. The summed E-state index contributed by atoms with van der Waals surface area (Å²) in [6, 6.07) is 3.09. The highest BCUT2D eigenvalue weighted by atomic mass is 35.5. The van der Waals surface area contributed by atoms with E-state index in [-0.39, 0.29) is 10.7 Å². The molecule has 1 aromatic rings. The molecule has 0 saturated heterocycles. The Balaban J connectivity index is 3.02. The average Bonchev–Trinajstić information content (AvgIpc) is 2.18. The first kappa shape index (κ1) is 11.8. The molecule has 15 heavy (non-hydrogen) atoms. The van der Waals surface area contributed by atoms with Gasteiger partial charge in [-0.2, -0.15) is 0 Å². The topological polar surface area (TPSA) is 55.2 Å². The standard InChI is InChI=1S/C10H13ClN2O2/c1-3-4-12-9-6-8(11)10(13(14)15)5-7(9)2/h5-6,12H,3-4H2,1-2H3. The second-order valence-corrected chi connectivity index (χ2v) is 3.71. The number of nitro benzene ring substituents is 1. The van der Waals surface area contributed by atoms with Crippen LogP contribution in [-0.2, 0) is 0 Å². The lowest BCUT2D eigenvalue weighted by atomic mass is 10.1. The van der Waals surface area contributed by atoms with Gasteiger partial charge in [-0.15, -0.1) is 0 Å². The van der Waals surface area contributed by atoms with Crippen molar-refractivity contribution >= 4 is 23.0 Å². The molecule has 5 heteroatoms. The predicted octanol–water partition coefficient (Wildman–Crippen LogP) is 3.38. The van der Waals surface area contributed by atoms with Gasteiger partial charge in [0.1, 0.15) is 5.02 Å². The summed E-state index contributed by atoms with van der Waals surface area (Å²) in [5.74, 6) is 0. The van der Waals surface area contributed by atoms with Crippen LogP contribution in [0.2, 0.25) is 5.02 Å². The molecule has 0 aliphatic heterocycles. The largest absolute Gasteiger partial charge is 0.385 e. The molecule has 0 fully saturated rings. The van der Waals surface area contributed by atoms with E-state index in [4.69, 9.17) is 11.6 Å². The molecule has 1 N–H and O–H groups in total. The van der Waals surface area contributed by atoms with E-state index in [1.54, 1.807) is 6.07 Å². The van der Waals surface area contributed by atoms with E-state index < -0.39 is 4.92 Å². The molecule has 0 saturated carbocycles. The maximum absolute atomic E-state index is 10.6. The van der Waals surface area contributed by atoms with Crippen molar-refractivity contribution in [1.29, 1.82) is 0 Å². The SMILES string of the molecule is CCCNc1cc(Cl)c([N+](=O)[O-])cc1C. The Kier molecular flexibility index (Phi) is 3.91. The van der Waals surface area contributed by atoms with E-state index in [0.29, 0.717) is 0 Å². The fourth-order valence-electron chi connectivity index (χ4n) is 1.26. The summed E-state index contributed by atoms with van der Waals surface area (Å²) in [4.78, 5) is 10.1. The average molecular weight is 229 g/mol. The zero-order valence-corrected chi connectivity index (χ0v) is 9.47. The summed E-state index contributed by atoms with van der Waals surface area (Å²) < 4.78 is 0. The second kappa shape index (κ2) is 4.98. The van der Waals surface area contributed by atoms with Crippen LogP contribution in [0.4, 0.5) is 11.4 Å². The van der Waals surface area contributed by atoms with Gasteiger partial charge in [0.25, 0.3) is 5.69 Å². The molecular formula is C10H13ClN2O2. The molecule has 0 heterocycles. The number of nitro groups is 1. The lowest BCUT2D eigenvalue weighted by Gasteiger charge is -2.08. The molecule has 0 aliphatic rings. The van der Waals surface area contributed by atoms with Crippen LogP contribution in [-0.4, -0.2) is 11.5 Å². The van der Waals surface area contributed by atoms with Gasteiger partial charge in [0.15, 0.2) is 0 Å². The maximum atomic E-state index is 10.6. The highest BCUT2D eigenvalue weighted by Gasteiger charge is 2.14. The first-order chi connectivity index (χ1) is 7.06. The van der Waals surface area contributed by atoms with Crippen LogP contribution in [0.15, 0.2) is 12.1 Å². The van der Waals surface area contributed by atoms with Crippen molar-refractivity contribution in [2.75, 3.05) is 11.9 Å². The zero-order chi connectivity index (χ0) is 11.4. The lowest BCUT2D eigenvalue weighted by Crippen LogP contribution is -2.02. The van der Waals surface area contributed by atoms with Gasteiger partial charge < -0.3 is 5.32 Å². The van der Waals surface area contributed by atoms with Crippen LogP contribution in [0.1, 0.15) is 18.9 Å². The predicted molar refractivity (Wildman–Crippen MR) is 61.6 cm³/mol. The molecule has 1 rings (SSSR count). The third kappa shape index (κ3) is 2.83. The van der Waals surface area contributed by atoms with Gasteiger partial charge in [0, 0.05) is 18.3 Å². The molecule has 1 aromatic carbocycles. The van der Waals surface area contributed by atoms with E-state index >= 15 is 0 Å². The number of aryl methyl sites for hydroxylation is 1. The second-order valence-electron chi connectivity index (χ2n) is 3.30. The number of nitrogens with one attached hydrogen (secondary N) is 1. The number of rotatable bonds is 4. The molecular weight excluding hydrogens is 216 g/mol. The highest BCUT2D eigenvalue weighted by Crippen LogP contribution is 2.30. The van der Waals surface area contributed by atoms with Crippen LogP contribution < -0.4 is 5.32 Å². The van der Waals surface area contributed by atoms with Crippen LogP contribution in [0, 0.1) is 17.0 Å². The summed E-state index contributed by atoms with van der Waals surface area (Å²) in [7, 11) is 0. The van der Waals surface area contributed by atoms with Gasteiger partial charge in [-0.25, -0.2) is 0 Å². The minimum atomic E-state index is -0.473. The van der Waals surface area contributed by atoms with Crippen molar-refractivity contribution < 1.29 is 4.92 Å². The third-order valence-corrected chi connectivity index (χ3v) is 2.36. The van der Waals surface area contributed by atoms with Gasteiger partial charge in [-0.3, -0.25) is 10.1 Å². The van der Waals surface area contributed by atoms with E-state index in [1.165, 1.54) is 6.07 Å². The molecule has 4 nitrogen and oxygen atoms in total. The zero-order valence-electron chi connectivity index (χ0n) is 8.71. The van der Waals surface area contributed by atoms with Crippen LogP contribution in [0.5, 0.6) is 0 Å². The molecule has 0 amide bonds. The maximum Gasteiger partial charge on any atom is 0.288 e. The molecule has 0 radical (unpaired) electrons. The quantitative estimate of drug-likeness (QED) is 0.635. The Bertz CT molecular complexity index is 380. The number of benzene rings is 1. The van der Waals surface area contributed by atoms with E-state index in [2.05, 4.69) is 12.2 Å². The van der Waals surface area contributed by atoms with Crippen molar-refractivity contribution in [2.45, 2.75) is 20.3 Å². The van der Waals surface area contributed by atoms with Gasteiger partial charge in [0.05, 0.1) is 4.92 Å². The van der Waals surface area contributed by atoms with Crippen molar-refractivity contribution in [3.05, 3.63) is 32.8 Å². The molecule has 0 spiro atoms. The van der Waals surface area contributed by atoms with Crippen LogP contribution >= 0.6 is 11.6 Å². The molecule has 0 atom stereocenters. The Morgan fingerprint density at radius 3 is 2.73 bits per heavy atom. The normalized spacial score (nSPS) is 10.1. The summed E-state index contributed by atoms with van der Waals surface area (Å²) in [5, 5.41) is 13.9. The Morgan fingerprint density at radius 2 is 2.20 bits per heavy atom. The van der Waals surface area contributed by atoms with Crippen LogP contribution in [0.3, 0.4) is 0 Å². The van der Waals surface area contributed by atoms with Gasteiger partial charge >= 0.3 is 0 Å². The van der Waals surface area contributed by atoms with Crippen molar-refractivity contribution in [3.8, 4) is 0 Å². The minimum Gasteiger partial charge on any atom is -0.385 e. The monoisotopic (exact) mass is 228 g/mol. The van der Waals surface area contributed by atoms with Crippen molar-refractivity contribution in [2.24, 2.45) is 0 Å². The number of nitrogens with zero attached hydrogens (tertiary/aromatic N) is 1. The minimum absolute atomic E-state index is 0.0452. The highest BCUT2D eigenvalue weighted by molar-refractivity contribution is 6.33. The van der Waals surface area contributed by atoms with E-state index in [0.717, 1.165) is 24.2 Å². The van der Waals surface area contributed by atoms with Gasteiger partial charge in [-0.05, 0) is 25.0 Å². The first-order valence-corrected chi connectivity index (χ1v) is 5.12. The summed E-state index contributed by atoms with van der Waals surface area (Å²) in [6.45, 7) is 4.70. The summed E-state index contributed by atoms with van der Waals surface area (Å²) >= 11 is 5.79. The number of hydrogen-bond donors (Lipinski definition) is 1. The third-order valence-electron chi connectivity index (χ3n) is 2.06. The van der Waals surface area contributed by atoms with E-state index in [1.807, 2.05) is 6.92 Å². The Hall–Kier alpha value is -1.29. The fourth-order valence-corrected chi connectivity index (χ4v) is 1.49. The van der Waals surface area contributed by atoms with Gasteiger partial charge in [0.2, 0.25) is 0 Å². The molecule has 0 aliphatic carbocycles. The molecule has 82 valence electrons. The number of hydrogen-bond acceptors (Lipinski definition) is 3. The summed E-state index contributed by atoms with van der Waals surface area (Å²) in [6.07, 6.45) is 0.994. The Labute approximate surface area is 93.4 Å². The molecule has 0 bridgehead atoms. The summed E-state index contributed by atoms with van der Waals surface area (Å²) in [5.41, 5.74) is 1.64. The Morgan fingerprint density at radius 1 is 1.53 bits per heavy atom. The smallest absolute Gasteiger partial charge is 0.288 e. The lowest BCUT2D eigenvalue weighted by molar-refractivity contribution is -0.384. The van der Waals surface area contributed by atoms with Gasteiger partial charge in [-0.1, -0.05) is 18.5 Å². The van der Waals surface area contributed by atoms with Crippen molar-refractivity contribution in [3.63, 3.8) is 0 Å². The molecule has 0 unspecified atom stereocenters. The van der Waals surface area contributed by atoms with E-state index in [9.17, 15) is 10.1 Å². The van der Waals surface area contributed by atoms with Crippen LogP contribution in [0.25, 0.3) is 0 Å². The molecule has 0 aromatic heterocycles. The first-order valence-electron chi connectivity index (χ1n) is 4.74. The fraction of sp³-hybridized carbons (Fsp3) is 0.400. The number of anilines is 1. The van der Waals surface area contributed by atoms with Crippen molar-refractivity contribution in [1.82, 2.24) is 0 Å².